The van der Waals surface area contributed by atoms with Crippen molar-refractivity contribution in [3.8, 4) is 0 Å². The van der Waals surface area contributed by atoms with Crippen LogP contribution in [0.4, 0.5) is 0 Å². The van der Waals surface area contributed by atoms with E-state index < -0.39 is 6.10 Å². The van der Waals surface area contributed by atoms with Crippen molar-refractivity contribution in [2.75, 3.05) is 0 Å². The van der Waals surface area contributed by atoms with Crippen LogP contribution in [-0.2, 0) is 14.3 Å². The number of ether oxygens (including phenoxy) is 1. The fourth-order valence-corrected chi connectivity index (χ4v) is 1.17. The van der Waals surface area contributed by atoms with E-state index in [-0.39, 0.29) is 24.1 Å². The van der Waals surface area contributed by atoms with E-state index in [1.165, 1.54) is 6.92 Å². The average molecular weight is 154 g/mol. The summed E-state index contributed by atoms with van der Waals surface area (Å²) in [5.74, 6) is -0.546. The third-order valence-electron chi connectivity index (χ3n) is 1.75. The van der Waals surface area contributed by atoms with Gasteiger partial charge in [-0.15, -0.1) is 6.58 Å². The molecule has 1 rings (SSSR count). The van der Waals surface area contributed by atoms with Gasteiger partial charge in [0.1, 0.15) is 0 Å². The van der Waals surface area contributed by atoms with Crippen LogP contribution in [-0.4, -0.2) is 17.9 Å². The molecule has 1 aliphatic heterocycles. The highest BCUT2D eigenvalue weighted by Gasteiger charge is 2.35. The summed E-state index contributed by atoms with van der Waals surface area (Å²) >= 11 is 0. The summed E-state index contributed by atoms with van der Waals surface area (Å²) in [6.07, 6.45) is 1.30. The monoisotopic (exact) mass is 154 g/mol. The summed E-state index contributed by atoms with van der Waals surface area (Å²) in [7, 11) is 0. The van der Waals surface area contributed by atoms with Gasteiger partial charge in [-0.1, -0.05) is 6.08 Å². The lowest BCUT2D eigenvalue weighted by atomic mass is 9.99. The third kappa shape index (κ3) is 1.48. The van der Waals surface area contributed by atoms with Crippen molar-refractivity contribution in [3.05, 3.63) is 12.7 Å². The van der Waals surface area contributed by atoms with Crippen molar-refractivity contribution in [3.63, 3.8) is 0 Å². The predicted octanol–water partition coefficient (Wildman–Crippen LogP) is 0.693. The number of ketones is 1. The number of carbonyl (C=O) groups excluding carboxylic acids is 2. The van der Waals surface area contributed by atoms with Gasteiger partial charge in [0.25, 0.3) is 0 Å². The maximum atomic E-state index is 10.8. The van der Waals surface area contributed by atoms with Gasteiger partial charge in [0.15, 0.2) is 11.9 Å². The third-order valence-corrected chi connectivity index (χ3v) is 1.75. The molecule has 0 bridgehead atoms. The van der Waals surface area contributed by atoms with Gasteiger partial charge < -0.3 is 4.74 Å². The smallest absolute Gasteiger partial charge is 0.307 e. The molecule has 0 aromatic heterocycles. The molecule has 1 saturated heterocycles. The van der Waals surface area contributed by atoms with E-state index in [0.717, 1.165) is 0 Å². The van der Waals surface area contributed by atoms with Crippen LogP contribution in [0.15, 0.2) is 12.7 Å². The number of cyclic esters (lactones) is 1. The maximum absolute atomic E-state index is 10.8. The molecule has 3 heteroatoms. The molecule has 0 saturated carbocycles. The molecule has 0 N–H and O–H groups in total. The topological polar surface area (TPSA) is 43.4 Å². The lowest BCUT2D eigenvalue weighted by molar-refractivity contribution is -0.146. The fraction of sp³-hybridized carbons (Fsp3) is 0.500. The Morgan fingerprint density at radius 3 is 2.82 bits per heavy atom. The van der Waals surface area contributed by atoms with E-state index in [2.05, 4.69) is 6.58 Å². The molecular formula is C8H10O3. The molecule has 0 unspecified atom stereocenters. The summed E-state index contributed by atoms with van der Waals surface area (Å²) < 4.78 is 4.77. The standard InChI is InChI=1S/C8H10O3/c1-3-6-4-7(10)11-8(6)5(2)9/h3,6,8H,1,4H2,2H3/t6-,8+/m0/s1. The molecule has 1 heterocycles. The Morgan fingerprint density at radius 1 is 1.82 bits per heavy atom. The highest BCUT2D eigenvalue weighted by Crippen LogP contribution is 2.23. The summed E-state index contributed by atoms with van der Waals surface area (Å²) in [5.41, 5.74) is 0. The molecule has 0 amide bonds. The van der Waals surface area contributed by atoms with E-state index in [4.69, 9.17) is 4.74 Å². The second-order valence-corrected chi connectivity index (χ2v) is 2.62. The molecule has 1 fully saturated rings. The van der Waals surface area contributed by atoms with Crippen LogP contribution in [0.2, 0.25) is 0 Å². The van der Waals surface area contributed by atoms with Gasteiger partial charge in [0.05, 0.1) is 6.42 Å². The van der Waals surface area contributed by atoms with E-state index in [1.54, 1.807) is 6.08 Å². The zero-order valence-corrected chi connectivity index (χ0v) is 6.37. The van der Waals surface area contributed by atoms with Gasteiger partial charge >= 0.3 is 5.97 Å². The van der Waals surface area contributed by atoms with Crippen molar-refractivity contribution in [1.29, 1.82) is 0 Å². The number of esters is 1. The normalized spacial score (nSPS) is 29.7. The van der Waals surface area contributed by atoms with Crippen LogP contribution in [0, 0.1) is 5.92 Å². The molecule has 60 valence electrons. The number of rotatable bonds is 2. The molecule has 0 aromatic rings. The van der Waals surface area contributed by atoms with Crippen LogP contribution >= 0.6 is 0 Å². The number of carbonyl (C=O) groups is 2. The molecule has 0 aliphatic carbocycles. The van der Waals surface area contributed by atoms with Crippen LogP contribution in [0.3, 0.4) is 0 Å². The highest BCUT2D eigenvalue weighted by molar-refractivity contribution is 5.87. The first-order valence-corrected chi connectivity index (χ1v) is 3.47. The number of Topliss-reactive ketones (excluding diaryl/α,β-unsaturated/α-hetero) is 1. The molecule has 1 aliphatic rings. The van der Waals surface area contributed by atoms with E-state index in [0.29, 0.717) is 0 Å². The van der Waals surface area contributed by atoms with Gasteiger partial charge in [-0.05, 0) is 6.92 Å². The van der Waals surface area contributed by atoms with Crippen LogP contribution in [0.25, 0.3) is 0 Å². The predicted molar refractivity (Wildman–Crippen MR) is 38.9 cm³/mol. The van der Waals surface area contributed by atoms with Crippen LogP contribution < -0.4 is 0 Å². The lowest BCUT2D eigenvalue weighted by Crippen LogP contribution is -2.22. The first kappa shape index (κ1) is 7.98. The Bertz CT molecular complexity index is 207. The van der Waals surface area contributed by atoms with Crippen LogP contribution in [0.5, 0.6) is 0 Å². The second kappa shape index (κ2) is 2.86. The van der Waals surface area contributed by atoms with Crippen LogP contribution in [0.1, 0.15) is 13.3 Å². The van der Waals surface area contributed by atoms with Crippen molar-refractivity contribution in [2.24, 2.45) is 5.92 Å². The van der Waals surface area contributed by atoms with Gasteiger partial charge in [-0.2, -0.15) is 0 Å². The minimum absolute atomic E-state index is 0.110. The SMILES string of the molecule is C=C[C@H]1CC(=O)O[C@@H]1C(C)=O. The van der Waals surface area contributed by atoms with E-state index in [1.807, 2.05) is 0 Å². The Kier molecular flexibility index (Phi) is 2.08. The average Bonchev–Trinajstić information content (AvgIpc) is 2.30. The zero-order chi connectivity index (χ0) is 8.43. The minimum Gasteiger partial charge on any atom is -0.454 e. The molecular weight excluding hydrogens is 144 g/mol. The van der Waals surface area contributed by atoms with Crippen molar-refractivity contribution in [1.82, 2.24) is 0 Å². The quantitative estimate of drug-likeness (QED) is 0.434. The molecule has 0 radical (unpaired) electrons. The molecule has 2 atom stereocenters. The molecule has 11 heavy (non-hydrogen) atoms. The largest absolute Gasteiger partial charge is 0.454 e. The minimum atomic E-state index is -0.583. The Hall–Kier alpha value is -1.12. The van der Waals surface area contributed by atoms with Gasteiger partial charge in [-0.25, -0.2) is 0 Å². The van der Waals surface area contributed by atoms with E-state index >= 15 is 0 Å². The molecule has 3 nitrogen and oxygen atoms in total. The van der Waals surface area contributed by atoms with Gasteiger partial charge in [0.2, 0.25) is 0 Å². The zero-order valence-electron chi connectivity index (χ0n) is 6.37. The summed E-state index contributed by atoms with van der Waals surface area (Å²) in [6.45, 7) is 4.94. The van der Waals surface area contributed by atoms with Crippen molar-refractivity contribution >= 4 is 11.8 Å². The number of hydrogen-bond acceptors (Lipinski definition) is 3. The van der Waals surface area contributed by atoms with Gasteiger partial charge in [0, 0.05) is 5.92 Å². The van der Waals surface area contributed by atoms with Crippen molar-refractivity contribution in [2.45, 2.75) is 19.4 Å². The lowest BCUT2D eigenvalue weighted by Gasteiger charge is -2.08. The summed E-state index contributed by atoms with van der Waals surface area (Å²) in [5, 5.41) is 0. The number of hydrogen-bond donors (Lipinski definition) is 0. The Morgan fingerprint density at radius 2 is 2.45 bits per heavy atom. The first-order valence-electron chi connectivity index (χ1n) is 3.47. The Labute approximate surface area is 65.0 Å². The molecule has 0 spiro atoms. The maximum Gasteiger partial charge on any atom is 0.307 e. The summed E-state index contributed by atoms with van der Waals surface area (Å²) in [4.78, 5) is 21.5. The highest BCUT2D eigenvalue weighted by atomic mass is 16.6. The fourth-order valence-electron chi connectivity index (χ4n) is 1.17. The van der Waals surface area contributed by atoms with Gasteiger partial charge in [-0.3, -0.25) is 9.59 Å². The van der Waals surface area contributed by atoms with E-state index in [9.17, 15) is 9.59 Å². The summed E-state index contributed by atoms with van der Waals surface area (Å²) in [6, 6.07) is 0. The first-order chi connectivity index (χ1) is 5.15. The van der Waals surface area contributed by atoms with Crippen molar-refractivity contribution < 1.29 is 14.3 Å². The second-order valence-electron chi connectivity index (χ2n) is 2.62. The molecule has 0 aromatic carbocycles. The Balaban J connectivity index is 2.72.